The van der Waals surface area contributed by atoms with Crippen molar-refractivity contribution in [3.8, 4) is 11.5 Å². The summed E-state index contributed by atoms with van der Waals surface area (Å²) in [7, 11) is 2.06. The van der Waals surface area contributed by atoms with Gasteiger partial charge < -0.3 is 23.7 Å². The molecule has 1 aromatic carbocycles. The molecule has 0 bridgehead atoms. The first-order chi connectivity index (χ1) is 9.33. The Morgan fingerprint density at radius 1 is 1.05 bits per heavy atom. The van der Waals surface area contributed by atoms with Crippen LogP contribution in [0.5, 0.6) is 11.5 Å². The van der Waals surface area contributed by atoms with Gasteiger partial charge in [0.15, 0.2) is 11.5 Å². The van der Waals surface area contributed by atoms with Gasteiger partial charge in [0.05, 0.1) is 24.4 Å². The molecular weight excluding hydrogens is 244 g/mol. The number of nitrogens with zero attached hydrogens (tertiary/aromatic N) is 2. The van der Waals surface area contributed by atoms with E-state index in [2.05, 4.69) is 34.8 Å². The fourth-order valence-corrected chi connectivity index (χ4v) is 2.81. The first-order valence-electron chi connectivity index (χ1n) is 6.54. The topological polar surface area (TPSA) is 35.9 Å². The van der Waals surface area contributed by atoms with Crippen LogP contribution in [0.3, 0.4) is 0 Å². The van der Waals surface area contributed by atoms with Crippen LogP contribution in [0.15, 0.2) is 18.3 Å². The molecule has 0 amide bonds. The zero-order valence-electron chi connectivity index (χ0n) is 10.9. The van der Waals surface area contributed by atoms with Crippen molar-refractivity contribution in [1.29, 1.82) is 0 Å². The van der Waals surface area contributed by atoms with E-state index in [0.29, 0.717) is 6.79 Å². The smallest absolute Gasteiger partial charge is 0.231 e. The summed E-state index contributed by atoms with van der Waals surface area (Å²) in [5, 5.41) is 1.22. The number of morpholine rings is 1. The maximum Gasteiger partial charge on any atom is 0.231 e. The van der Waals surface area contributed by atoms with Crippen molar-refractivity contribution in [1.82, 2.24) is 4.57 Å². The summed E-state index contributed by atoms with van der Waals surface area (Å²) in [6, 6.07) is 4.14. The molecule has 4 rings (SSSR count). The molecule has 2 aliphatic heterocycles. The summed E-state index contributed by atoms with van der Waals surface area (Å²) >= 11 is 0. The lowest BCUT2D eigenvalue weighted by Gasteiger charge is -2.28. The second kappa shape index (κ2) is 4.06. The van der Waals surface area contributed by atoms with E-state index in [1.165, 1.54) is 16.6 Å². The van der Waals surface area contributed by atoms with Gasteiger partial charge >= 0.3 is 0 Å². The summed E-state index contributed by atoms with van der Waals surface area (Å²) in [6.45, 7) is 3.78. The molecule has 1 fully saturated rings. The van der Waals surface area contributed by atoms with Crippen molar-refractivity contribution in [3.63, 3.8) is 0 Å². The monoisotopic (exact) mass is 260 g/mol. The van der Waals surface area contributed by atoms with E-state index in [1.807, 2.05) is 0 Å². The van der Waals surface area contributed by atoms with Crippen molar-refractivity contribution in [2.75, 3.05) is 38.0 Å². The van der Waals surface area contributed by atoms with Gasteiger partial charge in [0.1, 0.15) is 0 Å². The van der Waals surface area contributed by atoms with Gasteiger partial charge in [-0.25, -0.2) is 0 Å². The van der Waals surface area contributed by atoms with E-state index < -0.39 is 0 Å². The Bertz CT molecular complexity index is 629. The fourth-order valence-electron chi connectivity index (χ4n) is 2.81. The Labute approximate surface area is 111 Å². The number of anilines is 1. The number of ether oxygens (including phenoxy) is 3. The molecule has 0 aliphatic carbocycles. The molecular formula is C14H16N2O3. The van der Waals surface area contributed by atoms with Crippen LogP contribution in [-0.2, 0) is 11.8 Å². The lowest BCUT2D eigenvalue weighted by atomic mass is 10.2. The Kier molecular flexibility index (Phi) is 2.35. The number of aromatic nitrogens is 1. The molecule has 1 saturated heterocycles. The van der Waals surface area contributed by atoms with Gasteiger partial charge in [0, 0.05) is 37.8 Å². The van der Waals surface area contributed by atoms with Gasteiger partial charge in [0.2, 0.25) is 6.79 Å². The van der Waals surface area contributed by atoms with Gasteiger partial charge in [-0.3, -0.25) is 0 Å². The van der Waals surface area contributed by atoms with Crippen LogP contribution in [0.25, 0.3) is 10.9 Å². The van der Waals surface area contributed by atoms with Crippen molar-refractivity contribution in [2.45, 2.75) is 0 Å². The number of fused-ring (bicyclic) bond motifs is 2. The summed E-state index contributed by atoms with van der Waals surface area (Å²) in [6.07, 6.45) is 2.17. The predicted octanol–water partition coefficient (Wildman–Crippen LogP) is 1.74. The van der Waals surface area contributed by atoms with Crippen LogP contribution in [-0.4, -0.2) is 37.7 Å². The van der Waals surface area contributed by atoms with Crippen LogP contribution in [0.2, 0.25) is 0 Å². The van der Waals surface area contributed by atoms with Crippen LogP contribution in [0.1, 0.15) is 0 Å². The number of hydrogen-bond donors (Lipinski definition) is 0. The molecule has 5 nitrogen and oxygen atoms in total. The highest BCUT2D eigenvalue weighted by Crippen LogP contribution is 2.40. The zero-order valence-corrected chi connectivity index (χ0v) is 10.9. The fraction of sp³-hybridized carbons (Fsp3) is 0.429. The molecule has 1 aromatic heterocycles. The van der Waals surface area contributed by atoms with Crippen molar-refractivity contribution >= 4 is 16.6 Å². The van der Waals surface area contributed by atoms with Crippen LogP contribution in [0.4, 0.5) is 5.69 Å². The largest absolute Gasteiger partial charge is 0.454 e. The zero-order chi connectivity index (χ0) is 12.8. The minimum Gasteiger partial charge on any atom is -0.454 e. The summed E-state index contributed by atoms with van der Waals surface area (Å²) in [5.74, 6) is 1.68. The lowest BCUT2D eigenvalue weighted by molar-refractivity contribution is 0.123. The quantitative estimate of drug-likeness (QED) is 0.782. The third-order valence-electron chi connectivity index (χ3n) is 3.81. The third kappa shape index (κ3) is 1.65. The van der Waals surface area contributed by atoms with Crippen LogP contribution >= 0.6 is 0 Å². The van der Waals surface area contributed by atoms with Gasteiger partial charge in [-0.1, -0.05) is 0 Å². The van der Waals surface area contributed by atoms with Gasteiger partial charge in [-0.05, 0) is 6.07 Å². The Hall–Kier alpha value is -1.88. The second-order valence-corrected chi connectivity index (χ2v) is 4.95. The molecule has 5 heteroatoms. The maximum atomic E-state index is 5.48. The second-order valence-electron chi connectivity index (χ2n) is 4.95. The Morgan fingerprint density at radius 2 is 1.79 bits per heavy atom. The highest BCUT2D eigenvalue weighted by atomic mass is 16.7. The summed E-state index contributed by atoms with van der Waals surface area (Å²) < 4.78 is 18.5. The number of aryl methyl sites for hydroxylation is 1. The van der Waals surface area contributed by atoms with Crippen LogP contribution in [0, 0.1) is 0 Å². The third-order valence-corrected chi connectivity index (χ3v) is 3.81. The van der Waals surface area contributed by atoms with Gasteiger partial charge in [-0.15, -0.1) is 0 Å². The molecule has 0 N–H and O–H groups in total. The number of benzene rings is 1. The Morgan fingerprint density at radius 3 is 2.58 bits per heavy atom. The standard InChI is InChI=1S/C14H16N2O3/c1-15-8-12(16-2-4-17-5-3-16)10-6-13-14(7-11(10)15)19-9-18-13/h6-8H,2-5,9H2,1H3. The van der Waals surface area contributed by atoms with E-state index >= 15 is 0 Å². The minimum atomic E-state index is 0.318. The summed E-state index contributed by atoms with van der Waals surface area (Å²) in [5.41, 5.74) is 2.42. The SMILES string of the molecule is Cn1cc(N2CCOCC2)c2cc3c(cc21)OCO3. The molecule has 19 heavy (non-hydrogen) atoms. The van der Waals surface area contributed by atoms with E-state index in [9.17, 15) is 0 Å². The van der Waals surface area contributed by atoms with Gasteiger partial charge in [0.25, 0.3) is 0 Å². The average molecular weight is 260 g/mol. The van der Waals surface area contributed by atoms with E-state index in [4.69, 9.17) is 14.2 Å². The lowest BCUT2D eigenvalue weighted by Crippen LogP contribution is -2.36. The first-order valence-corrected chi connectivity index (χ1v) is 6.54. The number of rotatable bonds is 1. The molecule has 0 radical (unpaired) electrons. The maximum absolute atomic E-state index is 5.48. The van der Waals surface area contributed by atoms with Gasteiger partial charge in [-0.2, -0.15) is 0 Å². The molecule has 3 heterocycles. The highest BCUT2D eigenvalue weighted by Gasteiger charge is 2.21. The van der Waals surface area contributed by atoms with E-state index in [0.717, 1.165) is 37.8 Å². The average Bonchev–Trinajstić information content (AvgIpc) is 3.02. The first kappa shape index (κ1) is 11.0. The normalized spacial score (nSPS) is 18.3. The number of hydrogen-bond acceptors (Lipinski definition) is 4. The van der Waals surface area contributed by atoms with Crippen molar-refractivity contribution < 1.29 is 14.2 Å². The molecule has 2 aromatic rings. The summed E-state index contributed by atoms with van der Waals surface area (Å²) in [4.78, 5) is 2.37. The van der Waals surface area contributed by atoms with Crippen LogP contribution < -0.4 is 14.4 Å². The van der Waals surface area contributed by atoms with E-state index in [1.54, 1.807) is 0 Å². The van der Waals surface area contributed by atoms with E-state index in [-0.39, 0.29) is 0 Å². The molecule has 0 spiro atoms. The molecule has 2 aliphatic rings. The van der Waals surface area contributed by atoms with Crippen molar-refractivity contribution in [2.24, 2.45) is 7.05 Å². The Balaban J connectivity index is 1.86. The molecule has 0 atom stereocenters. The molecule has 0 unspecified atom stereocenters. The molecule has 0 saturated carbocycles. The minimum absolute atomic E-state index is 0.318. The predicted molar refractivity (Wildman–Crippen MR) is 72.1 cm³/mol. The molecule has 100 valence electrons. The van der Waals surface area contributed by atoms with Crippen molar-refractivity contribution in [3.05, 3.63) is 18.3 Å². The highest BCUT2D eigenvalue weighted by molar-refractivity contribution is 5.96.